The standard InChI is InChI=1S/C26H35N3O5S/c1-4-6-16-28(17-7-5-2)35(32,33)24-14-8-21(9-15-24)27-26(31)20-18-25(30)29(19-20)22-10-12-23(34-3)13-11-22/h8-15,20H,4-7,16-19H2,1-3H3,(H,27,31). The number of carbonyl (C=O) groups excluding carboxylic acids is 2. The molecule has 1 aliphatic rings. The van der Waals surface area contributed by atoms with Gasteiger partial charge >= 0.3 is 0 Å². The molecule has 1 aliphatic heterocycles. The summed E-state index contributed by atoms with van der Waals surface area (Å²) in [7, 11) is -2.02. The summed E-state index contributed by atoms with van der Waals surface area (Å²) < 4.78 is 32.9. The molecule has 35 heavy (non-hydrogen) atoms. The summed E-state index contributed by atoms with van der Waals surface area (Å²) in [5, 5.41) is 2.82. The van der Waals surface area contributed by atoms with Crippen LogP contribution in [0.25, 0.3) is 0 Å². The molecule has 0 aliphatic carbocycles. The van der Waals surface area contributed by atoms with Crippen molar-refractivity contribution in [3.8, 4) is 5.75 Å². The van der Waals surface area contributed by atoms with E-state index in [9.17, 15) is 18.0 Å². The summed E-state index contributed by atoms with van der Waals surface area (Å²) in [5.74, 6) is -0.181. The molecule has 1 atom stereocenters. The maximum atomic E-state index is 13.1. The van der Waals surface area contributed by atoms with Gasteiger partial charge in [0.15, 0.2) is 0 Å². The van der Waals surface area contributed by atoms with Crippen LogP contribution in [-0.2, 0) is 19.6 Å². The largest absolute Gasteiger partial charge is 0.497 e. The molecule has 1 unspecified atom stereocenters. The number of anilines is 2. The monoisotopic (exact) mass is 501 g/mol. The average Bonchev–Trinajstić information content (AvgIpc) is 3.26. The van der Waals surface area contributed by atoms with Gasteiger partial charge in [0.05, 0.1) is 17.9 Å². The number of sulfonamides is 1. The first-order chi connectivity index (χ1) is 16.8. The van der Waals surface area contributed by atoms with Crippen LogP contribution in [0.1, 0.15) is 46.0 Å². The topological polar surface area (TPSA) is 96.0 Å². The lowest BCUT2D eigenvalue weighted by Crippen LogP contribution is -2.33. The van der Waals surface area contributed by atoms with Crippen molar-refractivity contribution < 1.29 is 22.7 Å². The lowest BCUT2D eigenvalue weighted by molar-refractivity contribution is -0.122. The van der Waals surface area contributed by atoms with Crippen LogP contribution >= 0.6 is 0 Å². The summed E-state index contributed by atoms with van der Waals surface area (Å²) in [6.45, 7) is 5.36. The maximum absolute atomic E-state index is 13.1. The number of carbonyl (C=O) groups is 2. The van der Waals surface area contributed by atoms with Gasteiger partial charge in [-0.05, 0) is 61.4 Å². The van der Waals surface area contributed by atoms with Crippen molar-refractivity contribution in [2.24, 2.45) is 5.92 Å². The second-order valence-corrected chi connectivity index (χ2v) is 10.7. The van der Waals surface area contributed by atoms with E-state index < -0.39 is 15.9 Å². The molecule has 1 N–H and O–H groups in total. The second kappa shape index (κ2) is 12.2. The van der Waals surface area contributed by atoms with E-state index in [0.717, 1.165) is 31.4 Å². The molecule has 9 heteroatoms. The van der Waals surface area contributed by atoms with E-state index in [0.29, 0.717) is 24.5 Å². The van der Waals surface area contributed by atoms with Gasteiger partial charge in [-0.1, -0.05) is 26.7 Å². The zero-order valence-corrected chi connectivity index (χ0v) is 21.5. The fourth-order valence-corrected chi connectivity index (χ4v) is 5.54. The number of amides is 2. The Labute approximate surface area is 208 Å². The molecule has 3 rings (SSSR count). The number of hydrogen-bond donors (Lipinski definition) is 1. The van der Waals surface area contributed by atoms with Gasteiger partial charge in [0.25, 0.3) is 0 Å². The van der Waals surface area contributed by atoms with Gasteiger partial charge in [-0.2, -0.15) is 4.31 Å². The van der Waals surface area contributed by atoms with Crippen LogP contribution < -0.4 is 15.0 Å². The van der Waals surface area contributed by atoms with E-state index in [1.807, 2.05) is 13.8 Å². The third kappa shape index (κ3) is 6.61. The maximum Gasteiger partial charge on any atom is 0.243 e. The van der Waals surface area contributed by atoms with E-state index in [1.54, 1.807) is 52.7 Å². The fraction of sp³-hybridized carbons (Fsp3) is 0.462. The van der Waals surface area contributed by atoms with Crippen LogP contribution in [0, 0.1) is 5.92 Å². The number of methoxy groups -OCH3 is 1. The first-order valence-electron chi connectivity index (χ1n) is 12.2. The highest BCUT2D eigenvalue weighted by Crippen LogP contribution is 2.28. The SMILES string of the molecule is CCCCN(CCCC)S(=O)(=O)c1ccc(NC(=O)C2CC(=O)N(c3ccc(OC)cc3)C2)cc1. The highest BCUT2D eigenvalue weighted by molar-refractivity contribution is 7.89. The lowest BCUT2D eigenvalue weighted by Gasteiger charge is -2.22. The Bertz CT molecular complexity index is 1090. The Morgan fingerprint density at radius 3 is 2.17 bits per heavy atom. The minimum Gasteiger partial charge on any atom is -0.497 e. The Morgan fingerprint density at radius 1 is 1.03 bits per heavy atom. The van der Waals surface area contributed by atoms with Crippen LogP contribution in [0.15, 0.2) is 53.4 Å². The summed E-state index contributed by atoms with van der Waals surface area (Å²) in [6, 6.07) is 13.4. The summed E-state index contributed by atoms with van der Waals surface area (Å²) in [4.78, 5) is 27.1. The van der Waals surface area contributed by atoms with Gasteiger partial charge in [0.1, 0.15) is 5.75 Å². The summed E-state index contributed by atoms with van der Waals surface area (Å²) in [6.07, 6.45) is 3.58. The van der Waals surface area contributed by atoms with E-state index >= 15 is 0 Å². The van der Waals surface area contributed by atoms with Crippen molar-refractivity contribution in [2.75, 3.05) is 37.0 Å². The zero-order chi connectivity index (χ0) is 25.4. The number of unbranched alkanes of at least 4 members (excludes halogenated alkanes) is 2. The lowest BCUT2D eigenvalue weighted by atomic mass is 10.1. The Morgan fingerprint density at radius 2 is 1.63 bits per heavy atom. The average molecular weight is 502 g/mol. The minimum absolute atomic E-state index is 0.115. The van der Waals surface area contributed by atoms with Crippen molar-refractivity contribution >= 4 is 33.2 Å². The fourth-order valence-electron chi connectivity index (χ4n) is 4.02. The predicted octanol–water partition coefficient (Wildman–Crippen LogP) is 4.28. The molecule has 2 aromatic rings. The molecule has 1 heterocycles. The van der Waals surface area contributed by atoms with Crippen molar-refractivity contribution in [2.45, 2.75) is 50.8 Å². The molecular formula is C26H35N3O5S. The van der Waals surface area contributed by atoms with Gasteiger partial charge in [0.2, 0.25) is 21.8 Å². The van der Waals surface area contributed by atoms with Gasteiger partial charge in [0, 0.05) is 37.4 Å². The highest BCUT2D eigenvalue weighted by Gasteiger charge is 2.35. The van der Waals surface area contributed by atoms with Crippen LogP contribution in [0.4, 0.5) is 11.4 Å². The molecule has 2 amide bonds. The molecule has 0 bridgehead atoms. The van der Waals surface area contributed by atoms with Crippen molar-refractivity contribution in [1.29, 1.82) is 0 Å². The normalized spacial score (nSPS) is 16.1. The molecular weight excluding hydrogens is 466 g/mol. The van der Waals surface area contributed by atoms with E-state index in [1.165, 1.54) is 12.1 Å². The van der Waals surface area contributed by atoms with Crippen molar-refractivity contribution in [1.82, 2.24) is 4.31 Å². The first kappa shape index (κ1) is 26.7. The van der Waals surface area contributed by atoms with E-state index in [4.69, 9.17) is 4.74 Å². The molecule has 0 spiro atoms. The third-order valence-electron chi connectivity index (χ3n) is 6.16. The Hall–Kier alpha value is -2.91. The molecule has 0 aromatic heterocycles. The Kier molecular flexibility index (Phi) is 9.28. The number of rotatable bonds is 12. The molecule has 190 valence electrons. The minimum atomic E-state index is -3.60. The number of benzene rings is 2. The molecule has 2 aromatic carbocycles. The van der Waals surface area contributed by atoms with E-state index in [2.05, 4.69) is 5.32 Å². The van der Waals surface area contributed by atoms with Crippen LogP contribution in [0.2, 0.25) is 0 Å². The molecule has 0 saturated carbocycles. The van der Waals surface area contributed by atoms with Gasteiger partial charge < -0.3 is 15.0 Å². The Balaban J connectivity index is 1.64. The van der Waals surface area contributed by atoms with Crippen LogP contribution in [-0.4, -0.2) is 51.3 Å². The van der Waals surface area contributed by atoms with Crippen LogP contribution in [0.3, 0.4) is 0 Å². The molecule has 1 saturated heterocycles. The van der Waals surface area contributed by atoms with Crippen molar-refractivity contribution in [3.05, 3.63) is 48.5 Å². The third-order valence-corrected chi connectivity index (χ3v) is 8.07. The van der Waals surface area contributed by atoms with Crippen molar-refractivity contribution in [3.63, 3.8) is 0 Å². The number of nitrogens with one attached hydrogen (secondary N) is 1. The second-order valence-electron chi connectivity index (χ2n) is 8.73. The molecule has 0 radical (unpaired) electrons. The zero-order valence-electron chi connectivity index (χ0n) is 20.7. The smallest absolute Gasteiger partial charge is 0.243 e. The van der Waals surface area contributed by atoms with Gasteiger partial charge in [-0.25, -0.2) is 8.42 Å². The quantitative estimate of drug-likeness (QED) is 0.468. The van der Waals surface area contributed by atoms with Crippen LogP contribution in [0.5, 0.6) is 5.75 Å². The van der Waals surface area contributed by atoms with Gasteiger partial charge in [-0.3, -0.25) is 9.59 Å². The summed E-state index contributed by atoms with van der Waals surface area (Å²) >= 11 is 0. The van der Waals surface area contributed by atoms with E-state index in [-0.39, 0.29) is 29.7 Å². The first-order valence-corrected chi connectivity index (χ1v) is 13.6. The number of hydrogen-bond acceptors (Lipinski definition) is 5. The highest BCUT2D eigenvalue weighted by atomic mass is 32.2. The molecule has 8 nitrogen and oxygen atoms in total. The molecule has 1 fully saturated rings. The number of nitrogens with zero attached hydrogens (tertiary/aromatic N) is 2. The number of ether oxygens (including phenoxy) is 1. The summed E-state index contributed by atoms with van der Waals surface area (Å²) in [5.41, 5.74) is 1.22. The van der Waals surface area contributed by atoms with Gasteiger partial charge in [-0.15, -0.1) is 0 Å². The predicted molar refractivity (Wildman–Crippen MR) is 137 cm³/mol.